The van der Waals surface area contributed by atoms with Crippen LogP contribution in [0.3, 0.4) is 0 Å². The molecule has 2 amide bonds. The lowest BCUT2D eigenvalue weighted by atomic mass is 9.84. The topological polar surface area (TPSA) is 93.9 Å². The molecule has 1 saturated carbocycles. The van der Waals surface area contributed by atoms with Crippen molar-refractivity contribution in [2.45, 2.75) is 56.9 Å². The number of amides is 2. The molecule has 156 valence electrons. The quantitative estimate of drug-likeness (QED) is 0.690. The van der Waals surface area contributed by atoms with Crippen molar-refractivity contribution in [1.82, 2.24) is 15.4 Å². The molecule has 1 N–H and O–H groups in total. The zero-order valence-corrected chi connectivity index (χ0v) is 17.1. The van der Waals surface area contributed by atoms with Gasteiger partial charge in [-0.1, -0.05) is 5.16 Å². The number of nitrogens with one attached hydrogen (secondary N) is 1. The van der Waals surface area contributed by atoms with Crippen molar-refractivity contribution in [1.29, 1.82) is 0 Å². The highest BCUT2D eigenvalue weighted by atomic mass is 16.5. The van der Waals surface area contributed by atoms with Crippen LogP contribution < -0.4 is 5.32 Å². The van der Waals surface area contributed by atoms with Crippen molar-refractivity contribution in [2.24, 2.45) is 0 Å². The van der Waals surface area contributed by atoms with Gasteiger partial charge >= 0.3 is 0 Å². The summed E-state index contributed by atoms with van der Waals surface area (Å²) in [5, 5.41) is 7.20. The second-order valence-electron chi connectivity index (χ2n) is 7.89. The van der Waals surface area contributed by atoms with Crippen LogP contribution in [0.5, 0.6) is 0 Å². The number of rotatable bonds is 9. The van der Waals surface area contributed by atoms with E-state index >= 15 is 0 Å². The van der Waals surface area contributed by atoms with E-state index < -0.39 is 0 Å². The smallest absolute Gasteiger partial charge is 0.259 e. The molecule has 0 spiro atoms. The number of ether oxygens (including phenoxy) is 2. The minimum Gasteiger partial charge on any atom is -0.385 e. The second-order valence-corrected chi connectivity index (χ2v) is 7.89. The van der Waals surface area contributed by atoms with E-state index in [1.54, 1.807) is 14.2 Å². The summed E-state index contributed by atoms with van der Waals surface area (Å²) >= 11 is 0. The summed E-state index contributed by atoms with van der Waals surface area (Å²) in [4.78, 5) is 27.3. The number of carbonyl (C=O) groups is 2. The monoisotopic (exact) mass is 393 g/mol. The van der Waals surface area contributed by atoms with Crippen LogP contribution in [-0.4, -0.2) is 67.9 Å². The molecule has 1 saturated heterocycles. The summed E-state index contributed by atoms with van der Waals surface area (Å²) in [7, 11) is 3.24. The lowest BCUT2D eigenvalue weighted by Crippen LogP contribution is -2.56. The van der Waals surface area contributed by atoms with Crippen LogP contribution >= 0.6 is 0 Å². The van der Waals surface area contributed by atoms with Crippen LogP contribution in [0.2, 0.25) is 0 Å². The number of nitrogens with zero attached hydrogens (tertiary/aromatic N) is 2. The molecule has 1 aromatic heterocycles. The number of carbonyl (C=O) groups excluding carboxylic acids is 2. The molecule has 2 fully saturated rings. The summed E-state index contributed by atoms with van der Waals surface area (Å²) in [6, 6.07) is 0. The molecular weight excluding hydrogens is 362 g/mol. The van der Waals surface area contributed by atoms with Gasteiger partial charge in [0.2, 0.25) is 5.91 Å². The van der Waals surface area contributed by atoms with Gasteiger partial charge in [-0.2, -0.15) is 0 Å². The lowest BCUT2D eigenvalue weighted by molar-refractivity contribution is -0.124. The Bertz CT molecular complexity index is 690. The zero-order chi connectivity index (χ0) is 20.1. The predicted octanol–water partition coefficient (Wildman–Crippen LogP) is 2.02. The fourth-order valence-corrected chi connectivity index (χ4v) is 3.86. The Balaban J connectivity index is 1.65. The lowest BCUT2D eigenvalue weighted by Gasteiger charge is -2.42. The Hall–Kier alpha value is -1.93. The average Bonchev–Trinajstić information content (AvgIpc) is 3.47. The van der Waals surface area contributed by atoms with E-state index in [-0.39, 0.29) is 17.4 Å². The van der Waals surface area contributed by atoms with Crippen molar-refractivity contribution in [3.05, 3.63) is 17.0 Å². The molecule has 2 heterocycles. The SMILES string of the molecule is COCCC(=O)NC1(CCOC)CCN(C(=O)c2c(C)noc2C2CC2)CC1. The van der Waals surface area contributed by atoms with Gasteiger partial charge < -0.3 is 24.2 Å². The Morgan fingerprint density at radius 1 is 1.21 bits per heavy atom. The molecule has 3 rings (SSSR count). The van der Waals surface area contributed by atoms with Crippen LogP contribution in [0.4, 0.5) is 0 Å². The summed E-state index contributed by atoms with van der Waals surface area (Å²) in [6.45, 7) is 3.96. The van der Waals surface area contributed by atoms with Crippen LogP contribution in [-0.2, 0) is 14.3 Å². The minimum atomic E-state index is -0.347. The molecule has 8 heteroatoms. The maximum atomic E-state index is 13.1. The van der Waals surface area contributed by atoms with Crippen molar-refractivity contribution in [3.8, 4) is 0 Å². The third-order valence-corrected chi connectivity index (χ3v) is 5.78. The van der Waals surface area contributed by atoms with Gasteiger partial charge in [-0.05, 0) is 39.0 Å². The van der Waals surface area contributed by atoms with Crippen LogP contribution in [0.1, 0.15) is 66.3 Å². The first-order valence-electron chi connectivity index (χ1n) is 10.0. The summed E-state index contributed by atoms with van der Waals surface area (Å²) in [6.07, 6.45) is 4.57. The molecule has 1 aliphatic carbocycles. The van der Waals surface area contributed by atoms with Gasteiger partial charge in [0.15, 0.2) is 5.76 Å². The molecule has 0 unspecified atom stereocenters. The number of piperidine rings is 1. The molecule has 0 radical (unpaired) electrons. The average molecular weight is 393 g/mol. The number of likely N-dealkylation sites (tertiary alicyclic amines) is 1. The van der Waals surface area contributed by atoms with E-state index in [2.05, 4.69) is 10.5 Å². The molecule has 0 atom stereocenters. The van der Waals surface area contributed by atoms with E-state index in [1.807, 2.05) is 11.8 Å². The number of aromatic nitrogens is 1. The highest BCUT2D eigenvalue weighted by Crippen LogP contribution is 2.43. The summed E-state index contributed by atoms with van der Waals surface area (Å²) in [5.41, 5.74) is 0.952. The summed E-state index contributed by atoms with van der Waals surface area (Å²) < 4.78 is 15.7. The Morgan fingerprint density at radius 2 is 1.89 bits per heavy atom. The molecule has 1 aromatic rings. The van der Waals surface area contributed by atoms with E-state index in [1.165, 1.54) is 0 Å². The first kappa shape index (κ1) is 20.8. The van der Waals surface area contributed by atoms with E-state index in [0.717, 1.165) is 25.0 Å². The van der Waals surface area contributed by atoms with Crippen molar-refractivity contribution >= 4 is 11.8 Å². The maximum absolute atomic E-state index is 13.1. The van der Waals surface area contributed by atoms with Gasteiger partial charge in [0.05, 0.1) is 12.3 Å². The van der Waals surface area contributed by atoms with Crippen molar-refractivity contribution in [3.63, 3.8) is 0 Å². The fourth-order valence-electron chi connectivity index (χ4n) is 3.86. The largest absolute Gasteiger partial charge is 0.385 e. The third kappa shape index (κ3) is 4.72. The van der Waals surface area contributed by atoms with E-state index in [9.17, 15) is 9.59 Å². The van der Waals surface area contributed by atoms with E-state index in [0.29, 0.717) is 62.7 Å². The van der Waals surface area contributed by atoms with Gasteiger partial charge in [0, 0.05) is 51.8 Å². The van der Waals surface area contributed by atoms with Crippen LogP contribution in [0, 0.1) is 6.92 Å². The summed E-state index contributed by atoms with van der Waals surface area (Å²) in [5.74, 6) is 1.05. The molecule has 28 heavy (non-hydrogen) atoms. The Labute approximate surface area is 165 Å². The molecule has 0 bridgehead atoms. The number of aryl methyl sites for hydroxylation is 1. The van der Waals surface area contributed by atoms with E-state index in [4.69, 9.17) is 14.0 Å². The Morgan fingerprint density at radius 3 is 2.50 bits per heavy atom. The normalized spacial score (nSPS) is 18.9. The standard InChI is InChI=1S/C20H31N3O5/c1-14-17(18(28-22-14)15-4-5-15)19(25)23-10-7-20(8-11-23,9-13-27-3)21-16(24)6-12-26-2/h15H,4-13H2,1-3H3,(H,21,24). The third-order valence-electron chi connectivity index (χ3n) is 5.78. The van der Waals surface area contributed by atoms with Gasteiger partial charge in [-0.15, -0.1) is 0 Å². The fraction of sp³-hybridized carbons (Fsp3) is 0.750. The highest BCUT2D eigenvalue weighted by Gasteiger charge is 2.40. The minimum absolute atomic E-state index is 0.00768. The molecule has 2 aliphatic rings. The highest BCUT2D eigenvalue weighted by molar-refractivity contribution is 5.96. The van der Waals surface area contributed by atoms with Crippen LogP contribution in [0.25, 0.3) is 0 Å². The predicted molar refractivity (Wildman–Crippen MR) is 102 cm³/mol. The Kier molecular flexibility index (Phi) is 6.72. The van der Waals surface area contributed by atoms with Gasteiger partial charge in [0.25, 0.3) is 5.91 Å². The number of methoxy groups -OCH3 is 2. The van der Waals surface area contributed by atoms with Gasteiger partial charge in [-0.25, -0.2) is 0 Å². The van der Waals surface area contributed by atoms with Crippen molar-refractivity contribution < 1.29 is 23.6 Å². The van der Waals surface area contributed by atoms with Gasteiger partial charge in [0.1, 0.15) is 5.56 Å². The second kappa shape index (κ2) is 9.05. The first-order valence-corrected chi connectivity index (χ1v) is 10.0. The first-order chi connectivity index (χ1) is 13.5. The number of hydrogen-bond donors (Lipinski definition) is 1. The van der Waals surface area contributed by atoms with Gasteiger partial charge in [-0.3, -0.25) is 9.59 Å². The molecular formula is C20H31N3O5. The number of hydrogen-bond acceptors (Lipinski definition) is 6. The van der Waals surface area contributed by atoms with Crippen molar-refractivity contribution in [2.75, 3.05) is 40.5 Å². The zero-order valence-electron chi connectivity index (χ0n) is 17.1. The molecule has 0 aromatic carbocycles. The molecule has 1 aliphatic heterocycles. The van der Waals surface area contributed by atoms with Crippen LogP contribution in [0.15, 0.2) is 4.52 Å². The maximum Gasteiger partial charge on any atom is 0.259 e. The molecule has 8 nitrogen and oxygen atoms in total.